The summed E-state index contributed by atoms with van der Waals surface area (Å²) in [7, 11) is 0. The van der Waals surface area contributed by atoms with Gasteiger partial charge in [0, 0.05) is 31.2 Å². The molecule has 0 aliphatic carbocycles. The van der Waals surface area contributed by atoms with Gasteiger partial charge in [0.15, 0.2) is 5.65 Å². The van der Waals surface area contributed by atoms with Gasteiger partial charge in [0.25, 0.3) is 12.0 Å². The Hall–Kier alpha value is -3.48. The molecule has 218 valence electrons. The van der Waals surface area contributed by atoms with Crippen molar-refractivity contribution >= 4 is 16.7 Å². The maximum atomic E-state index is 12.9. The lowest BCUT2D eigenvalue weighted by Crippen LogP contribution is -2.32. The molecule has 2 unspecified atom stereocenters. The number of rotatable bonds is 8. The Morgan fingerprint density at radius 2 is 1.85 bits per heavy atom. The Bertz CT molecular complexity index is 1390. The lowest BCUT2D eigenvalue weighted by molar-refractivity contribution is -0.133. The molecule has 0 spiro atoms. The van der Waals surface area contributed by atoms with Crippen LogP contribution in [0.3, 0.4) is 0 Å². The van der Waals surface area contributed by atoms with Crippen LogP contribution in [0.15, 0.2) is 29.7 Å². The van der Waals surface area contributed by atoms with Gasteiger partial charge in [-0.05, 0) is 50.3 Å². The minimum atomic E-state index is -4.35. The van der Waals surface area contributed by atoms with E-state index in [0.29, 0.717) is 47.7 Å². The third-order valence-electron chi connectivity index (χ3n) is 6.38. The van der Waals surface area contributed by atoms with Crippen molar-refractivity contribution in [1.29, 1.82) is 0 Å². The summed E-state index contributed by atoms with van der Waals surface area (Å²) in [5, 5.41) is 0. The molecule has 3 aromatic rings. The molecule has 1 saturated heterocycles. The predicted molar refractivity (Wildman–Crippen MR) is 142 cm³/mol. The molecule has 0 saturated carbocycles. The summed E-state index contributed by atoms with van der Waals surface area (Å²) in [5.74, 6) is 0.140. The summed E-state index contributed by atoms with van der Waals surface area (Å²) < 4.78 is 70.8. The minimum absolute atomic E-state index is 0.189. The first kappa shape index (κ1) is 31.1. The average molecular weight is 569 g/mol. The molecular formula is C27H33F5N6O2. The summed E-state index contributed by atoms with van der Waals surface area (Å²) in [6.07, 6.45) is -6.50. The summed E-state index contributed by atoms with van der Waals surface area (Å²) in [5.41, 5.74) is 4.72. The molecule has 1 fully saturated rings. The van der Waals surface area contributed by atoms with Crippen molar-refractivity contribution < 1.29 is 26.7 Å². The van der Waals surface area contributed by atoms with Gasteiger partial charge in [0.2, 0.25) is 0 Å². The van der Waals surface area contributed by atoms with Crippen molar-refractivity contribution in [3.8, 4) is 0 Å². The van der Waals surface area contributed by atoms with Gasteiger partial charge < -0.3 is 10.2 Å². The van der Waals surface area contributed by atoms with Gasteiger partial charge in [-0.1, -0.05) is 20.4 Å². The second-order valence-electron chi connectivity index (χ2n) is 9.22. The lowest BCUT2D eigenvalue weighted by Gasteiger charge is -2.29. The smallest absolute Gasteiger partial charge is 0.373 e. The van der Waals surface area contributed by atoms with Gasteiger partial charge >= 0.3 is 6.18 Å². The highest BCUT2D eigenvalue weighted by molar-refractivity contribution is 5.84. The van der Waals surface area contributed by atoms with Gasteiger partial charge in [0.05, 0.1) is 29.7 Å². The highest BCUT2D eigenvalue weighted by Crippen LogP contribution is 2.37. The molecule has 8 nitrogen and oxygen atoms in total. The maximum Gasteiger partial charge on any atom is 0.389 e. The summed E-state index contributed by atoms with van der Waals surface area (Å²) in [4.78, 5) is 30.3. The molecule has 0 amide bonds. The highest BCUT2D eigenvalue weighted by Gasteiger charge is 2.30. The number of halogens is 5. The van der Waals surface area contributed by atoms with Gasteiger partial charge in [-0.25, -0.2) is 33.4 Å². The number of alkyl halides is 5. The van der Waals surface area contributed by atoms with Crippen molar-refractivity contribution in [3.05, 3.63) is 63.7 Å². The van der Waals surface area contributed by atoms with E-state index < -0.39 is 37.2 Å². The molecule has 1 aliphatic heterocycles. The minimum Gasteiger partial charge on any atom is -0.373 e. The number of hydrogen-bond acceptors (Lipinski definition) is 7. The zero-order valence-electron chi connectivity index (χ0n) is 22.9. The molecule has 1 N–H and O–H groups in total. The average Bonchev–Trinajstić information content (AvgIpc) is 2.92. The van der Waals surface area contributed by atoms with Crippen LogP contribution in [0.5, 0.6) is 0 Å². The molecule has 0 aromatic carbocycles. The largest absolute Gasteiger partial charge is 0.389 e. The third-order valence-corrected chi connectivity index (χ3v) is 6.38. The number of aromatic nitrogens is 5. The Labute approximate surface area is 228 Å². The van der Waals surface area contributed by atoms with Gasteiger partial charge in [-0.3, -0.25) is 4.79 Å². The van der Waals surface area contributed by atoms with E-state index >= 15 is 0 Å². The van der Waals surface area contributed by atoms with Crippen LogP contribution in [-0.4, -0.2) is 50.4 Å². The molecule has 0 bridgehead atoms. The molecule has 2 atom stereocenters. The van der Waals surface area contributed by atoms with Crippen molar-refractivity contribution in [3.63, 3.8) is 0 Å². The first-order valence-corrected chi connectivity index (χ1v) is 13.1. The number of aryl methyl sites for hydroxylation is 2. The molecule has 0 radical (unpaired) electrons. The standard InChI is InChI=1S/C25H27F5N6O2.C2H6/c1-13(6-8-25(28,29)30)21-22-24(33-15(3)14(2)32-22)35-23(34-21)16-7-9-38-18(10-16)17-4-5-20(37)36(12-17)31-11-19(26)27;1-2/h4-5,12,16,18-19,31H,1,6-11H2,2-3H3;1-2H3. The second kappa shape index (κ2) is 13.2. The molecule has 40 heavy (non-hydrogen) atoms. The van der Waals surface area contributed by atoms with Crippen LogP contribution >= 0.6 is 0 Å². The fourth-order valence-electron chi connectivity index (χ4n) is 4.22. The maximum absolute atomic E-state index is 12.9. The van der Waals surface area contributed by atoms with E-state index in [9.17, 15) is 26.7 Å². The van der Waals surface area contributed by atoms with Crippen LogP contribution in [0.2, 0.25) is 0 Å². The summed E-state index contributed by atoms with van der Waals surface area (Å²) >= 11 is 0. The van der Waals surface area contributed by atoms with Crippen LogP contribution in [0.4, 0.5) is 22.0 Å². The topological polar surface area (TPSA) is 94.8 Å². The number of pyridine rings is 1. The number of ether oxygens (including phenoxy) is 1. The highest BCUT2D eigenvalue weighted by atomic mass is 19.4. The first-order chi connectivity index (χ1) is 18.9. The van der Waals surface area contributed by atoms with E-state index in [1.165, 1.54) is 12.3 Å². The van der Waals surface area contributed by atoms with Gasteiger partial charge in [0.1, 0.15) is 11.3 Å². The normalized spacial score (nSPS) is 17.4. The van der Waals surface area contributed by atoms with Crippen molar-refractivity contribution in [2.24, 2.45) is 0 Å². The van der Waals surface area contributed by atoms with Crippen LogP contribution in [0.25, 0.3) is 16.7 Å². The Kier molecular flexibility index (Phi) is 10.3. The zero-order chi connectivity index (χ0) is 29.6. The fraction of sp³-hybridized carbons (Fsp3) is 0.519. The van der Waals surface area contributed by atoms with Gasteiger partial charge in [-0.2, -0.15) is 13.2 Å². The predicted octanol–water partition coefficient (Wildman–Crippen LogP) is 6.02. The van der Waals surface area contributed by atoms with E-state index in [2.05, 4.69) is 31.9 Å². The van der Waals surface area contributed by atoms with E-state index in [0.717, 1.165) is 4.68 Å². The molecule has 4 heterocycles. The van der Waals surface area contributed by atoms with Crippen LogP contribution in [-0.2, 0) is 4.74 Å². The van der Waals surface area contributed by atoms with E-state index in [-0.39, 0.29) is 29.3 Å². The fourth-order valence-corrected chi connectivity index (χ4v) is 4.22. The van der Waals surface area contributed by atoms with Crippen molar-refractivity contribution in [2.45, 2.75) is 78.0 Å². The molecule has 13 heteroatoms. The quantitative estimate of drug-likeness (QED) is 0.332. The summed E-state index contributed by atoms with van der Waals surface area (Å²) in [6.45, 7) is 11.0. The number of hydrogen-bond donors (Lipinski definition) is 1. The van der Waals surface area contributed by atoms with Gasteiger partial charge in [-0.15, -0.1) is 0 Å². The SMILES string of the molecule is C=C(CCC(F)(F)F)c1nc(C2CCOC(c3ccc(=O)n(NCC(F)F)c3)C2)nc2nc(C)c(C)nc12.CC. The van der Waals surface area contributed by atoms with Crippen molar-refractivity contribution in [1.82, 2.24) is 24.6 Å². The second-order valence-corrected chi connectivity index (χ2v) is 9.22. The third kappa shape index (κ3) is 7.80. The van der Waals surface area contributed by atoms with Crippen LogP contribution in [0.1, 0.15) is 80.0 Å². The van der Waals surface area contributed by atoms with Crippen LogP contribution < -0.4 is 11.0 Å². The molecule has 3 aromatic heterocycles. The zero-order valence-corrected chi connectivity index (χ0v) is 22.9. The first-order valence-electron chi connectivity index (χ1n) is 13.1. The lowest BCUT2D eigenvalue weighted by atomic mass is 9.91. The summed E-state index contributed by atoms with van der Waals surface area (Å²) in [6, 6.07) is 2.83. The number of fused-ring (bicyclic) bond motifs is 1. The Balaban J connectivity index is 0.00000216. The molecule has 1 aliphatic rings. The Morgan fingerprint density at radius 1 is 1.15 bits per heavy atom. The monoisotopic (exact) mass is 568 g/mol. The van der Waals surface area contributed by atoms with E-state index in [4.69, 9.17) is 4.74 Å². The number of nitrogens with zero attached hydrogens (tertiary/aromatic N) is 5. The number of allylic oxidation sites excluding steroid dienone is 1. The number of nitrogens with one attached hydrogen (secondary N) is 1. The molecule has 4 rings (SSSR count). The van der Waals surface area contributed by atoms with E-state index in [1.54, 1.807) is 19.9 Å². The van der Waals surface area contributed by atoms with Crippen molar-refractivity contribution in [2.75, 3.05) is 18.6 Å². The molecular weight excluding hydrogens is 535 g/mol. The Morgan fingerprint density at radius 3 is 2.52 bits per heavy atom. The van der Waals surface area contributed by atoms with E-state index in [1.807, 2.05) is 13.8 Å². The van der Waals surface area contributed by atoms with Crippen LogP contribution in [0, 0.1) is 13.8 Å².